The van der Waals surface area contributed by atoms with Crippen molar-refractivity contribution in [1.29, 1.82) is 0 Å². The number of hydrogen-bond donors (Lipinski definition) is 1. The van der Waals surface area contributed by atoms with Gasteiger partial charge in [0.1, 0.15) is 6.04 Å². The molecule has 2 rings (SSSR count). The molecule has 21 heavy (non-hydrogen) atoms. The normalized spacial score (nSPS) is 27.3. The molecule has 3 unspecified atom stereocenters. The zero-order chi connectivity index (χ0) is 15.4. The van der Waals surface area contributed by atoms with Crippen molar-refractivity contribution in [2.24, 2.45) is 5.92 Å². The molecular formula is C16H28N2O3. The Bertz CT molecular complexity index is 384. The molecule has 1 aliphatic heterocycles. The highest BCUT2D eigenvalue weighted by molar-refractivity contribution is 5.80. The molecule has 1 N–H and O–H groups in total. The van der Waals surface area contributed by atoms with Crippen LogP contribution < -0.4 is 0 Å². The Morgan fingerprint density at radius 2 is 1.90 bits per heavy atom. The summed E-state index contributed by atoms with van der Waals surface area (Å²) in [5.74, 6) is -0.0704. The number of hydrogen-bond acceptors (Lipinski definition) is 3. The lowest BCUT2D eigenvalue weighted by Gasteiger charge is -2.44. The molecule has 2 aliphatic rings. The van der Waals surface area contributed by atoms with Gasteiger partial charge >= 0.3 is 5.97 Å². The van der Waals surface area contributed by atoms with Crippen molar-refractivity contribution in [3.05, 3.63) is 0 Å². The Labute approximate surface area is 127 Å². The molecule has 0 spiro atoms. The van der Waals surface area contributed by atoms with Gasteiger partial charge in [0.25, 0.3) is 0 Å². The summed E-state index contributed by atoms with van der Waals surface area (Å²) in [6.45, 7) is 2.91. The molecule has 0 aromatic carbocycles. The molecule has 1 saturated carbocycles. The lowest BCUT2D eigenvalue weighted by Crippen LogP contribution is -2.53. The van der Waals surface area contributed by atoms with Gasteiger partial charge in [-0.3, -0.25) is 14.5 Å². The van der Waals surface area contributed by atoms with E-state index in [0.717, 1.165) is 19.4 Å². The molecule has 0 aromatic heterocycles. The van der Waals surface area contributed by atoms with Crippen LogP contribution in [0.15, 0.2) is 0 Å². The summed E-state index contributed by atoms with van der Waals surface area (Å²) < 4.78 is 0. The second-order valence-corrected chi connectivity index (χ2v) is 6.52. The van der Waals surface area contributed by atoms with Crippen molar-refractivity contribution in [3.8, 4) is 0 Å². The summed E-state index contributed by atoms with van der Waals surface area (Å²) in [7, 11) is 1.74. The highest BCUT2D eigenvalue weighted by Gasteiger charge is 2.36. The number of carboxylic acid groups (broad SMARTS) is 1. The van der Waals surface area contributed by atoms with Crippen LogP contribution in [0, 0.1) is 5.92 Å². The summed E-state index contributed by atoms with van der Waals surface area (Å²) in [6.07, 6.45) is 7.73. The van der Waals surface area contributed by atoms with E-state index in [-0.39, 0.29) is 12.5 Å². The van der Waals surface area contributed by atoms with E-state index in [1.807, 2.05) is 11.8 Å². The Hall–Kier alpha value is -1.10. The Balaban J connectivity index is 1.96. The van der Waals surface area contributed by atoms with E-state index in [9.17, 15) is 14.7 Å². The van der Waals surface area contributed by atoms with Gasteiger partial charge in [-0.25, -0.2) is 0 Å². The SMILES string of the molecule is CCC(C(=O)O)N(C)CC(=O)N1CCCC2CCCCC21. The fourth-order valence-electron chi connectivity index (χ4n) is 4.02. The molecule has 1 aliphatic carbocycles. The van der Waals surface area contributed by atoms with Crippen LogP contribution in [0.1, 0.15) is 51.9 Å². The molecular weight excluding hydrogens is 268 g/mol. The molecule has 2 fully saturated rings. The van der Waals surface area contributed by atoms with Gasteiger partial charge in [-0.05, 0) is 45.1 Å². The second-order valence-electron chi connectivity index (χ2n) is 6.52. The first-order chi connectivity index (χ1) is 10.0. The summed E-state index contributed by atoms with van der Waals surface area (Å²) in [5, 5.41) is 9.19. The number of piperidine rings is 1. The third-order valence-corrected chi connectivity index (χ3v) is 5.15. The van der Waals surface area contributed by atoms with Gasteiger partial charge in [-0.15, -0.1) is 0 Å². The molecule has 0 aromatic rings. The van der Waals surface area contributed by atoms with Crippen LogP contribution in [0.2, 0.25) is 0 Å². The summed E-state index contributed by atoms with van der Waals surface area (Å²) >= 11 is 0. The molecule has 5 nitrogen and oxygen atoms in total. The smallest absolute Gasteiger partial charge is 0.320 e. The minimum atomic E-state index is -0.845. The highest BCUT2D eigenvalue weighted by atomic mass is 16.4. The van der Waals surface area contributed by atoms with Crippen molar-refractivity contribution >= 4 is 11.9 Å². The third kappa shape index (κ3) is 3.76. The van der Waals surface area contributed by atoms with E-state index in [2.05, 4.69) is 0 Å². The van der Waals surface area contributed by atoms with Crippen LogP contribution >= 0.6 is 0 Å². The maximum absolute atomic E-state index is 12.6. The molecule has 5 heteroatoms. The first-order valence-corrected chi connectivity index (χ1v) is 8.27. The maximum Gasteiger partial charge on any atom is 0.320 e. The number of aliphatic carboxylic acids is 1. The zero-order valence-electron chi connectivity index (χ0n) is 13.3. The zero-order valence-corrected chi connectivity index (χ0v) is 13.3. The molecule has 3 atom stereocenters. The molecule has 1 heterocycles. The van der Waals surface area contributed by atoms with Crippen molar-refractivity contribution in [1.82, 2.24) is 9.80 Å². The number of likely N-dealkylation sites (tertiary alicyclic amines) is 1. The summed E-state index contributed by atoms with van der Waals surface area (Å²) in [6, 6.07) is -0.167. The van der Waals surface area contributed by atoms with Crippen molar-refractivity contribution in [2.45, 2.75) is 64.0 Å². The number of nitrogens with zero attached hydrogens (tertiary/aromatic N) is 2. The molecule has 0 radical (unpaired) electrons. The molecule has 0 bridgehead atoms. The number of carbonyl (C=O) groups excluding carboxylic acids is 1. The van der Waals surface area contributed by atoms with Gasteiger partial charge in [-0.1, -0.05) is 19.8 Å². The molecule has 1 amide bonds. The number of fused-ring (bicyclic) bond motifs is 1. The van der Waals surface area contributed by atoms with Gasteiger partial charge in [0, 0.05) is 12.6 Å². The van der Waals surface area contributed by atoms with Crippen LogP contribution in [-0.4, -0.2) is 59.0 Å². The monoisotopic (exact) mass is 296 g/mol. The Morgan fingerprint density at radius 3 is 2.57 bits per heavy atom. The summed E-state index contributed by atoms with van der Waals surface area (Å²) in [5.41, 5.74) is 0. The van der Waals surface area contributed by atoms with Crippen LogP contribution in [0.25, 0.3) is 0 Å². The topological polar surface area (TPSA) is 60.9 Å². The molecule has 1 saturated heterocycles. The first kappa shape index (κ1) is 16.3. The van der Waals surface area contributed by atoms with Crippen LogP contribution in [0.3, 0.4) is 0 Å². The van der Waals surface area contributed by atoms with E-state index in [1.54, 1.807) is 11.9 Å². The highest BCUT2D eigenvalue weighted by Crippen LogP contribution is 2.35. The third-order valence-electron chi connectivity index (χ3n) is 5.15. The van der Waals surface area contributed by atoms with Gasteiger partial charge in [0.15, 0.2) is 0 Å². The Kier molecular flexibility index (Phi) is 5.62. The van der Waals surface area contributed by atoms with Crippen LogP contribution in [0.4, 0.5) is 0 Å². The second kappa shape index (κ2) is 7.25. The number of amides is 1. The first-order valence-electron chi connectivity index (χ1n) is 8.27. The maximum atomic E-state index is 12.6. The van der Waals surface area contributed by atoms with Gasteiger partial charge in [0.2, 0.25) is 5.91 Å². The van der Waals surface area contributed by atoms with Crippen LogP contribution in [-0.2, 0) is 9.59 Å². The van der Waals surface area contributed by atoms with E-state index < -0.39 is 12.0 Å². The lowest BCUT2D eigenvalue weighted by molar-refractivity contribution is -0.145. The van der Waals surface area contributed by atoms with Gasteiger partial charge < -0.3 is 10.0 Å². The predicted octanol–water partition coefficient (Wildman–Crippen LogP) is 1.96. The number of likely N-dealkylation sites (N-methyl/N-ethyl adjacent to an activating group) is 1. The largest absolute Gasteiger partial charge is 0.480 e. The predicted molar refractivity (Wildman–Crippen MR) is 81.0 cm³/mol. The van der Waals surface area contributed by atoms with E-state index in [4.69, 9.17) is 0 Å². The van der Waals surface area contributed by atoms with Crippen molar-refractivity contribution < 1.29 is 14.7 Å². The summed E-state index contributed by atoms with van der Waals surface area (Å²) in [4.78, 5) is 27.5. The number of carbonyl (C=O) groups is 2. The van der Waals surface area contributed by atoms with Crippen molar-refractivity contribution in [2.75, 3.05) is 20.1 Å². The quantitative estimate of drug-likeness (QED) is 0.842. The van der Waals surface area contributed by atoms with Crippen LogP contribution in [0.5, 0.6) is 0 Å². The number of carboxylic acids is 1. The fourth-order valence-corrected chi connectivity index (χ4v) is 4.02. The van der Waals surface area contributed by atoms with E-state index >= 15 is 0 Å². The van der Waals surface area contributed by atoms with Gasteiger partial charge in [0.05, 0.1) is 6.54 Å². The lowest BCUT2D eigenvalue weighted by atomic mass is 9.78. The van der Waals surface area contributed by atoms with Gasteiger partial charge in [-0.2, -0.15) is 0 Å². The number of rotatable bonds is 5. The average molecular weight is 296 g/mol. The standard InChI is InChI=1S/C16H28N2O3/c1-3-13(16(20)21)17(2)11-15(19)18-10-6-8-12-7-4-5-9-14(12)18/h12-14H,3-11H2,1-2H3,(H,20,21). The average Bonchev–Trinajstić information content (AvgIpc) is 2.46. The minimum Gasteiger partial charge on any atom is -0.480 e. The molecule has 120 valence electrons. The van der Waals surface area contributed by atoms with E-state index in [0.29, 0.717) is 18.4 Å². The van der Waals surface area contributed by atoms with E-state index in [1.165, 1.54) is 25.7 Å². The Morgan fingerprint density at radius 1 is 1.24 bits per heavy atom. The fraction of sp³-hybridized carbons (Fsp3) is 0.875. The minimum absolute atomic E-state index is 0.105. The van der Waals surface area contributed by atoms with Crippen molar-refractivity contribution in [3.63, 3.8) is 0 Å².